The molecular formula is C23H24FN5O2S. The van der Waals surface area contributed by atoms with Crippen LogP contribution in [0, 0.1) is 12.7 Å². The van der Waals surface area contributed by atoms with E-state index in [1.54, 1.807) is 21.9 Å². The summed E-state index contributed by atoms with van der Waals surface area (Å²) in [7, 11) is 0. The Morgan fingerprint density at radius 3 is 2.44 bits per heavy atom. The van der Waals surface area contributed by atoms with Crippen molar-refractivity contribution in [2.75, 3.05) is 37.6 Å². The molecule has 1 aromatic carbocycles. The first kappa shape index (κ1) is 20.7. The van der Waals surface area contributed by atoms with E-state index in [4.69, 9.17) is 0 Å². The van der Waals surface area contributed by atoms with E-state index in [2.05, 4.69) is 15.1 Å². The molecule has 0 saturated carbocycles. The number of piperazine rings is 1. The maximum absolute atomic E-state index is 13.3. The van der Waals surface area contributed by atoms with Gasteiger partial charge in [-0.05, 0) is 48.2 Å². The Morgan fingerprint density at radius 2 is 1.75 bits per heavy atom. The van der Waals surface area contributed by atoms with Gasteiger partial charge in [-0.3, -0.25) is 14.7 Å². The molecule has 1 N–H and O–H groups in total. The average Bonchev–Trinajstić information content (AvgIpc) is 3.44. The zero-order chi connectivity index (χ0) is 22.2. The Morgan fingerprint density at radius 1 is 1.00 bits per heavy atom. The molecule has 2 aliphatic heterocycles. The number of aromatic amines is 1. The van der Waals surface area contributed by atoms with E-state index in [1.807, 2.05) is 18.4 Å². The number of thiophene rings is 1. The fraction of sp³-hybridized carbons (Fsp3) is 0.348. The lowest BCUT2D eigenvalue weighted by Gasteiger charge is -2.36. The highest BCUT2D eigenvalue weighted by Gasteiger charge is 2.32. The highest BCUT2D eigenvalue weighted by atomic mass is 32.1. The second-order valence-corrected chi connectivity index (χ2v) is 9.11. The lowest BCUT2D eigenvalue weighted by Crippen LogP contribution is -2.49. The van der Waals surface area contributed by atoms with Gasteiger partial charge in [0.2, 0.25) is 0 Å². The summed E-state index contributed by atoms with van der Waals surface area (Å²) >= 11 is 1.45. The number of aryl methyl sites for hydroxylation is 1. The Labute approximate surface area is 189 Å². The van der Waals surface area contributed by atoms with Crippen molar-refractivity contribution in [2.24, 2.45) is 0 Å². The van der Waals surface area contributed by atoms with Gasteiger partial charge in [0.15, 0.2) is 5.69 Å². The summed E-state index contributed by atoms with van der Waals surface area (Å²) in [5, 5.41) is 9.27. The molecule has 1 saturated heterocycles. The van der Waals surface area contributed by atoms with Crippen LogP contribution in [-0.2, 0) is 13.0 Å². The number of hydrogen-bond donors (Lipinski definition) is 1. The average molecular weight is 454 g/mol. The van der Waals surface area contributed by atoms with E-state index in [9.17, 15) is 14.0 Å². The number of hydrogen-bond acceptors (Lipinski definition) is 5. The number of amides is 2. The lowest BCUT2D eigenvalue weighted by atomic mass is 10.0. The molecule has 0 aliphatic carbocycles. The maximum atomic E-state index is 13.3. The van der Waals surface area contributed by atoms with Crippen LogP contribution < -0.4 is 4.90 Å². The summed E-state index contributed by atoms with van der Waals surface area (Å²) in [5.74, 6) is -0.355. The van der Waals surface area contributed by atoms with E-state index in [-0.39, 0.29) is 17.6 Å². The Balaban J connectivity index is 1.27. The molecule has 0 atom stereocenters. The van der Waals surface area contributed by atoms with E-state index < -0.39 is 0 Å². The Kier molecular flexibility index (Phi) is 5.42. The third kappa shape index (κ3) is 3.77. The van der Waals surface area contributed by atoms with Crippen molar-refractivity contribution in [3.63, 3.8) is 0 Å². The number of carbonyl (C=O) groups is 2. The molecule has 2 aromatic heterocycles. The normalized spacial score (nSPS) is 16.2. The van der Waals surface area contributed by atoms with Crippen LogP contribution in [0.5, 0.6) is 0 Å². The molecule has 0 spiro atoms. The summed E-state index contributed by atoms with van der Waals surface area (Å²) in [6.45, 7) is 5.41. The summed E-state index contributed by atoms with van der Waals surface area (Å²) in [6, 6.07) is 8.38. The van der Waals surface area contributed by atoms with E-state index in [0.717, 1.165) is 27.4 Å². The van der Waals surface area contributed by atoms with E-state index >= 15 is 0 Å². The largest absolute Gasteiger partial charge is 0.368 e. The first-order chi connectivity index (χ1) is 15.5. The zero-order valence-corrected chi connectivity index (χ0v) is 18.6. The third-order valence-corrected chi connectivity index (χ3v) is 7.24. The summed E-state index contributed by atoms with van der Waals surface area (Å²) in [5.41, 5.74) is 4.10. The molecule has 32 heavy (non-hydrogen) atoms. The molecule has 166 valence electrons. The van der Waals surface area contributed by atoms with Crippen molar-refractivity contribution in [3.8, 4) is 0 Å². The molecule has 0 unspecified atom stereocenters. The number of anilines is 1. The molecule has 4 heterocycles. The monoisotopic (exact) mass is 453 g/mol. The van der Waals surface area contributed by atoms with Gasteiger partial charge in [0.25, 0.3) is 11.8 Å². The smallest absolute Gasteiger partial charge is 0.274 e. The van der Waals surface area contributed by atoms with Gasteiger partial charge in [-0.1, -0.05) is 0 Å². The predicted molar refractivity (Wildman–Crippen MR) is 121 cm³/mol. The second-order valence-electron chi connectivity index (χ2n) is 8.19. The van der Waals surface area contributed by atoms with Crippen molar-refractivity contribution in [1.82, 2.24) is 20.0 Å². The van der Waals surface area contributed by atoms with Gasteiger partial charge in [-0.25, -0.2) is 4.39 Å². The molecule has 7 nitrogen and oxygen atoms in total. The fourth-order valence-corrected chi connectivity index (χ4v) is 5.24. The minimum atomic E-state index is -0.257. The number of rotatable bonds is 3. The molecule has 5 rings (SSSR count). The van der Waals surface area contributed by atoms with Gasteiger partial charge in [-0.2, -0.15) is 5.10 Å². The van der Waals surface area contributed by atoms with Crippen LogP contribution in [0.25, 0.3) is 0 Å². The predicted octanol–water partition coefficient (Wildman–Crippen LogP) is 3.08. The molecule has 3 aromatic rings. The van der Waals surface area contributed by atoms with Crippen LogP contribution >= 0.6 is 11.3 Å². The molecule has 2 amide bonds. The summed E-state index contributed by atoms with van der Waals surface area (Å²) < 4.78 is 13.2. The second kappa shape index (κ2) is 8.38. The van der Waals surface area contributed by atoms with Crippen LogP contribution in [0.1, 0.15) is 37.0 Å². The van der Waals surface area contributed by atoms with Gasteiger partial charge >= 0.3 is 0 Å². The van der Waals surface area contributed by atoms with Crippen molar-refractivity contribution in [1.29, 1.82) is 0 Å². The van der Waals surface area contributed by atoms with Crippen molar-refractivity contribution in [2.45, 2.75) is 19.9 Å². The molecule has 0 radical (unpaired) electrons. The quantitative estimate of drug-likeness (QED) is 0.662. The molecule has 0 bridgehead atoms. The van der Waals surface area contributed by atoms with Crippen LogP contribution in [0.2, 0.25) is 0 Å². The Hall–Kier alpha value is -3.20. The minimum absolute atomic E-state index is 0.00987. The standard InChI is InChI=1S/C23H24FN5O2S/c1-15-7-13-32-21(15)23(31)29-8-6-19-18(14-29)20(26-25-19)22(30)28-11-9-27(10-12-28)17-4-2-16(24)3-5-17/h2-5,7,13H,6,8-12,14H2,1H3,(H,25,26). The zero-order valence-electron chi connectivity index (χ0n) is 17.8. The number of nitrogens with zero attached hydrogens (tertiary/aromatic N) is 4. The van der Waals surface area contributed by atoms with E-state index in [0.29, 0.717) is 51.4 Å². The number of H-pyrrole nitrogens is 1. The number of fused-ring (bicyclic) bond motifs is 1. The fourth-order valence-electron chi connectivity index (χ4n) is 4.35. The van der Waals surface area contributed by atoms with Crippen LogP contribution in [0.3, 0.4) is 0 Å². The van der Waals surface area contributed by atoms with Gasteiger partial charge in [-0.15, -0.1) is 11.3 Å². The van der Waals surface area contributed by atoms with Gasteiger partial charge < -0.3 is 14.7 Å². The Bertz CT molecular complexity index is 1150. The summed E-state index contributed by atoms with van der Waals surface area (Å²) in [4.78, 5) is 32.7. The van der Waals surface area contributed by atoms with Gasteiger partial charge in [0.1, 0.15) is 5.82 Å². The van der Waals surface area contributed by atoms with Gasteiger partial charge in [0.05, 0.1) is 11.4 Å². The van der Waals surface area contributed by atoms with Crippen LogP contribution in [-0.4, -0.2) is 64.5 Å². The van der Waals surface area contributed by atoms with Crippen molar-refractivity contribution in [3.05, 3.63) is 68.9 Å². The number of aromatic nitrogens is 2. The maximum Gasteiger partial charge on any atom is 0.274 e. The SMILES string of the molecule is Cc1ccsc1C(=O)N1CCc2[nH]nc(C(=O)N3CCN(c4ccc(F)cc4)CC3)c2C1. The topological polar surface area (TPSA) is 72.5 Å². The number of halogens is 1. The molecule has 9 heteroatoms. The molecule has 2 aliphatic rings. The minimum Gasteiger partial charge on any atom is -0.368 e. The molecule has 1 fully saturated rings. The van der Waals surface area contributed by atoms with Crippen LogP contribution in [0.15, 0.2) is 35.7 Å². The number of carbonyl (C=O) groups excluding carboxylic acids is 2. The van der Waals surface area contributed by atoms with Crippen LogP contribution in [0.4, 0.5) is 10.1 Å². The highest BCUT2D eigenvalue weighted by molar-refractivity contribution is 7.12. The van der Waals surface area contributed by atoms with Crippen molar-refractivity contribution >= 4 is 28.8 Å². The lowest BCUT2D eigenvalue weighted by molar-refractivity contribution is 0.0711. The summed E-state index contributed by atoms with van der Waals surface area (Å²) in [6.07, 6.45) is 0.657. The van der Waals surface area contributed by atoms with Gasteiger partial charge in [0, 0.05) is 56.1 Å². The number of benzene rings is 1. The first-order valence-corrected chi connectivity index (χ1v) is 11.6. The van der Waals surface area contributed by atoms with Crippen molar-refractivity contribution < 1.29 is 14.0 Å². The van der Waals surface area contributed by atoms with E-state index in [1.165, 1.54) is 23.5 Å². The third-order valence-electron chi connectivity index (χ3n) is 6.24. The number of nitrogens with one attached hydrogen (secondary N) is 1. The first-order valence-electron chi connectivity index (χ1n) is 10.7. The highest BCUT2D eigenvalue weighted by Crippen LogP contribution is 2.26. The molecular weight excluding hydrogens is 429 g/mol.